The third-order valence-corrected chi connectivity index (χ3v) is 3.67. The second-order valence-corrected chi connectivity index (χ2v) is 4.93. The number of hydrogen-bond donors (Lipinski definition) is 1. The van der Waals surface area contributed by atoms with E-state index in [9.17, 15) is 4.79 Å². The molecule has 1 heterocycles. The van der Waals surface area contributed by atoms with E-state index >= 15 is 0 Å². The fraction of sp³-hybridized carbons (Fsp3) is 0.929. The van der Waals surface area contributed by atoms with E-state index < -0.39 is 0 Å². The van der Waals surface area contributed by atoms with Crippen molar-refractivity contribution in [2.45, 2.75) is 39.2 Å². The largest absolute Gasteiger partial charge is 0.379 e. The zero-order chi connectivity index (χ0) is 14.1. The summed E-state index contributed by atoms with van der Waals surface area (Å²) in [6.07, 6.45) is 2.92. The fourth-order valence-electron chi connectivity index (χ4n) is 2.36. The number of piperidine rings is 1. The summed E-state index contributed by atoms with van der Waals surface area (Å²) in [4.78, 5) is 14.1. The molecule has 0 saturated carbocycles. The molecule has 0 aromatic carbocycles. The third kappa shape index (κ3) is 5.47. The molecule has 112 valence electrons. The van der Waals surface area contributed by atoms with Gasteiger partial charge in [-0.05, 0) is 26.2 Å². The number of carbonyl (C=O) groups excluding carboxylic acids is 1. The highest BCUT2D eigenvalue weighted by Gasteiger charge is 2.26. The van der Waals surface area contributed by atoms with Gasteiger partial charge in [0.25, 0.3) is 0 Å². The zero-order valence-corrected chi connectivity index (χ0v) is 12.3. The Balaban J connectivity index is 2.22. The van der Waals surface area contributed by atoms with Gasteiger partial charge in [0.05, 0.1) is 25.2 Å². The Bertz CT molecular complexity index is 249. The van der Waals surface area contributed by atoms with E-state index in [0.29, 0.717) is 19.8 Å². The summed E-state index contributed by atoms with van der Waals surface area (Å²) >= 11 is 0. The summed E-state index contributed by atoms with van der Waals surface area (Å²) < 4.78 is 11.0. The molecule has 1 rings (SSSR count). The average molecular weight is 272 g/mol. The first-order valence-electron chi connectivity index (χ1n) is 7.41. The lowest BCUT2D eigenvalue weighted by atomic mass is 10.0. The Kier molecular flexibility index (Phi) is 8.02. The number of ether oxygens (including phenoxy) is 2. The highest BCUT2D eigenvalue weighted by molar-refractivity contribution is 5.79. The van der Waals surface area contributed by atoms with Gasteiger partial charge >= 0.3 is 0 Å². The molecule has 0 aliphatic carbocycles. The number of likely N-dealkylation sites (tertiary alicyclic amines) is 1. The summed E-state index contributed by atoms with van der Waals surface area (Å²) in [7, 11) is 0. The molecule has 1 saturated heterocycles. The smallest absolute Gasteiger partial charge is 0.226 e. The van der Waals surface area contributed by atoms with E-state index in [1.165, 1.54) is 0 Å². The Morgan fingerprint density at radius 3 is 2.53 bits per heavy atom. The molecule has 0 radical (unpaired) electrons. The number of carbonyl (C=O) groups is 1. The van der Waals surface area contributed by atoms with Gasteiger partial charge in [-0.1, -0.05) is 6.92 Å². The highest BCUT2D eigenvalue weighted by Crippen LogP contribution is 2.16. The quantitative estimate of drug-likeness (QED) is 0.670. The second kappa shape index (κ2) is 9.28. The summed E-state index contributed by atoms with van der Waals surface area (Å²) in [5.41, 5.74) is 5.63. The summed E-state index contributed by atoms with van der Waals surface area (Å²) in [5, 5.41) is 0. The van der Waals surface area contributed by atoms with Crippen molar-refractivity contribution < 1.29 is 14.3 Å². The standard InChI is InChI=1S/C14H28N2O3/c1-3-12(11-15)14(17)16-7-5-13(6-8-16)19-10-9-18-4-2/h12-13H,3-11,15H2,1-2H3. The maximum absolute atomic E-state index is 12.2. The van der Waals surface area contributed by atoms with Crippen molar-refractivity contribution in [1.82, 2.24) is 4.90 Å². The van der Waals surface area contributed by atoms with Crippen molar-refractivity contribution in [3.05, 3.63) is 0 Å². The first kappa shape index (κ1) is 16.4. The molecule has 2 N–H and O–H groups in total. The van der Waals surface area contributed by atoms with Crippen molar-refractivity contribution in [1.29, 1.82) is 0 Å². The van der Waals surface area contributed by atoms with Crippen LogP contribution >= 0.6 is 0 Å². The lowest BCUT2D eigenvalue weighted by molar-refractivity contribution is -0.138. The SMILES string of the molecule is CCOCCOC1CCN(C(=O)C(CC)CN)CC1. The number of amides is 1. The number of rotatable bonds is 8. The van der Waals surface area contributed by atoms with Crippen LogP contribution in [0.5, 0.6) is 0 Å². The van der Waals surface area contributed by atoms with Crippen molar-refractivity contribution in [2.75, 3.05) is 39.5 Å². The van der Waals surface area contributed by atoms with E-state index in [4.69, 9.17) is 15.2 Å². The van der Waals surface area contributed by atoms with Gasteiger partial charge in [-0.25, -0.2) is 0 Å². The lowest BCUT2D eigenvalue weighted by Crippen LogP contribution is -2.45. The predicted octanol–water partition coefficient (Wildman–Crippen LogP) is 1.02. The molecule has 0 spiro atoms. The molecule has 5 nitrogen and oxygen atoms in total. The summed E-state index contributed by atoms with van der Waals surface area (Å²) in [6, 6.07) is 0. The van der Waals surface area contributed by atoms with E-state index in [0.717, 1.165) is 39.0 Å². The molecule has 0 aromatic rings. The Morgan fingerprint density at radius 1 is 1.32 bits per heavy atom. The maximum atomic E-state index is 12.2. The molecule has 1 unspecified atom stereocenters. The molecule has 0 aromatic heterocycles. The van der Waals surface area contributed by atoms with Gasteiger partial charge in [0.15, 0.2) is 0 Å². The topological polar surface area (TPSA) is 64.8 Å². The van der Waals surface area contributed by atoms with E-state index in [-0.39, 0.29) is 17.9 Å². The van der Waals surface area contributed by atoms with Gasteiger partial charge in [0, 0.05) is 26.2 Å². The highest BCUT2D eigenvalue weighted by atomic mass is 16.5. The maximum Gasteiger partial charge on any atom is 0.226 e. The van der Waals surface area contributed by atoms with Gasteiger partial charge in [-0.2, -0.15) is 0 Å². The van der Waals surface area contributed by atoms with Crippen molar-refractivity contribution in [3.63, 3.8) is 0 Å². The average Bonchev–Trinajstić information content (AvgIpc) is 2.45. The molecule has 1 aliphatic rings. The van der Waals surface area contributed by atoms with Gasteiger partial charge in [-0.3, -0.25) is 4.79 Å². The van der Waals surface area contributed by atoms with Crippen LogP contribution in [0.25, 0.3) is 0 Å². The first-order chi connectivity index (χ1) is 9.22. The first-order valence-corrected chi connectivity index (χ1v) is 7.41. The Labute approximate surface area is 116 Å². The van der Waals surface area contributed by atoms with Gasteiger partial charge in [0.2, 0.25) is 5.91 Å². The van der Waals surface area contributed by atoms with Crippen LogP contribution in [0.3, 0.4) is 0 Å². The molecule has 1 atom stereocenters. The van der Waals surface area contributed by atoms with Gasteiger partial charge in [0.1, 0.15) is 0 Å². The van der Waals surface area contributed by atoms with E-state index in [2.05, 4.69) is 0 Å². The summed E-state index contributed by atoms with van der Waals surface area (Å²) in [5.74, 6) is 0.188. The van der Waals surface area contributed by atoms with Crippen LogP contribution in [-0.4, -0.2) is 56.4 Å². The minimum Gasteiger partial charge on any atom is -0.379 e. The Morgan fingerprint density at radius 2 is 2.00 bits per heavy atom. The van der Waals surface area contributed by atoms with Crippen molar-refractivity contribution >= 4 is 5.91 Å². The number of hydrogen-bond acceptors (Lipinski definition) is 4. The number of nitrogens with two attached hydrogens (primary N) is 1. The van der Waals surface area contributed by atoms with Crippen LogP contribution in [0.2, 0.25) is 0 Å². The predicted molar refractivity (Wildman–Crippen MR) is 74.9 cm³/mol. The lowest BCUT2D eigenvalue weighted by Gasteiger charge is -2.33. The van der Waals surface area contributed by atoms with Crippen LogP contribution in [0, 0.1) is 5.92 Å². The van der Waals surface area contributed by atoms with Crippen LogP contribution in [-0.2, 0) is 14.3 Å². The molecule has 1 fully saturated rings. The zero-order valence-electron chi connectivity index (χ0n) is 12.3. The van der Waals surface area contributed by atoms with Crippen molar-refractivity contribution in [3.8, 4) is 0 Å². The van der Waals surface area contributed by atoms with Crippen LogP contribution in [0.4, 0.5) is 0 Å². The Hall–Kier alpha value is -0.650. The van der Waals surface area contributed by atoms with Gasteiger partial charge in [-0.15, -0.1) is 0 Å². The molecule has 1 aliphatic heterocycles. The van der Waals surface area contributed by atoms with E-state index in [1.807, 2.05) is 18.7 Å². The monoisotopic (exact) mass is 272 g/mol. The van der Waals surface area contributed by atoms with Crippen molar-refractivity contribution in [2.24, 2.45) is 11.7 Å². The molecule has 19 heavy (non-hydrogen) atoms. The second-order valence-electron chi connectivity index (χ2n) is 4.93. The minimum atomic E-state index is -0.0181. The third-order valence-electron chi connectivity index (χ3n) is 3.67. The molecule has 1 amide bonds. The van der Waals surface area contributed by atoms with Crippen LogP contribution in [0.15, 0.2) is 0 Å². The van der Waals surface area contributed by atoms with E-state index in [1.54, 1.807) is 0 Å². The molecule has 5 heteroatoms. The molecular weight excluding hydrogens is 244 g/mol. The number of nitrogens with zero attached hydrogens (tertiary/aromatic N) is 1. The fourth-order valence-corrected chi connectivity index (χ4v) is 2.36. The molecule has 0 bridgehead atoms. The van der Waals surface area contributed by atoms with Crippen LogP contribution < -0.4 is 5.73 Å². The summed E-state index contributed by atoms with van der Waals surface area (Å²) in [6.45, 7) is 8.04. The van der Waals surface area contributed by atoms with Gasteiger partial charge < -0.3 is 20.1 Å². The normalized spacial score (nSPS) is 18.6. The minimum absolute atomic E-state index is 0.0181. The molecular formula is C14H28N2O3. The van der Waals surface area contributed by atoms with Crippen LogP contribution in [0.1, 0.15) is 33.1 Å².